The van der Waals surface area contributed by atoms with Crippen LogP contribution in [-0.4, -0.2) is 54.2 Å². The summed E-state index contributed by atoms with van der Waals surface area (Å²) in [6.45, 7) is 0.704. The number of hydrogen-bond acceptors (Lipinski definition) is 4. The zero-order valence-electron chi connectivity index (χ0n) is 17.5. The molecule has 0 aromatic heterocycles. The third-order valence-electron chi connectivity index (χ3n) is 5.66. The third-order valence-corrected chi connectivity index (χ3v) is 5.66. The van der Waals surface area contributed by atoms with Gasteiger partial charge in [-0.2, -0.15) is 5.10 Å². The normalized spacial score (nSPS) is 18.1. The van der Waals surface area contributed by atoms with E-state index in [1.165, 1.54) is 17.1 Å². The van der Waals surface area contributed by atoms with E-state index in [1.807, 2.05) is 30.3 Å². The molecule has 1 fully saturated rings. The Bertz CT molecular complexity index is 958. The number of carbonyl (C=O) groups is 2. The lowest BCUT2D eigenvalue weighted by Gasteiger charge is -2.27. The van der Waals surface area contributed by atoms with Crippen LogP contribution < -0.4 is 0 Å². The van der Waals surface area contributed by atoms with Crippen molar-refractivity contribution in [2.45, 2.75) is 25.3 Å². The number of carbonyl (C=O) groups excluding carboxylic acids is 2. The zero-order chi connectivity index (χ0) is 21.8. The molecule has 1 aliphatic heterocycles. The van der Waals surface area contributed by atoms with Crippen LogP contribution in [0.25, 0.3) is 0 Å². The van der Waals surface area contributed by atoms with Crippen molar-refractivity contribution in [3.63, 3.8) is 0 Å². The second-order valence-electron chi connectivity index (χ2n) is 7.95. The molecule has 2 amide bonds. The molecule has 1 aliphatic carbocycles. The summed E-state index contributed by atoms with van der Waals surface area (Å²) in [5, 5.41) is 6.09. The maximum atomic E-state index is 13.4. The van der Waals surface area contributed by atoms with Crippen LogP contribution in [0.5, 0.6) is 0 Å². The molecule has 2 aromatic rings. The number of rotatable bonds is 8. The molecule has 0 unspecified atom stereocenters. The minimum Gasteiger partial charge on any atom is -0.383 e. The SMILES string of the molecule is COCCN(CC(=O)N1N=C(c2ccc(F)cc2)C[C@@H]1c1ccccc1)C(=O)C1CC1. The minimum absolute atomic E-state index is 0.00333. The fraction of sp³-hybridized carbons (Fsp3) is 0.375. The average Bonchev–Trinajstić information content (AvgIpc) is 3.55. The number of nitrogens with zero attached hydrogens (tertiary/aromatic N) is 3. The van der Waals surface area contributed by atoms with E-state index in [9.17, 15) is 14.0 Å². The molecular formula is C24H26FN3O3. The van der Waals surface area contributed by atoms with Crippen LogP contribution >= 0.6 is 0 Å². The Kier molecular flexibility index (Phi) is 6.42. The Morgan fingerprint density at radius 2 is 1.84 bits per heavy atom. The maximum absolute atomic E-state index is 13.4. The van der Waals surface area contributed by atoms with Gasteiger partial charge < -0.3 is 9.64 Å². The van der Waals surface area contributed by atoms with Gasteiger partial charge in [0.1, 0.15) is 12.4 Å². The number of halogens is 1. The molecule has 0 saturated heterocycles. The molecule has 4 rings (SSSR count). The Balaban J connectivity index is 1.58. The van der Waals surface area contributed by atoms with Gasteiger partial charge in [0.15, 0.2) is 0 Å². The number of hydrogen-bond donors (Lipinski definition) is 0. The summed E-state index contributed by atoms with van der Waals surface area (Å²) in [5.74, 6) is -0.534. The largest absolute Gasteiger partial charge is 0.383 e. The maximum Gasteiger partial charge on any atom is 0.262 e. The molecule has 1 heterocycles. The first kappa shape index (κ1) is 21.2. The number of hydrazone groups is 1. The summed E-state index contributed by atoms with van der Waals surface area (Å²) >= 11 is 0. The van der Waals surface area contributed by atoms with Crippen molar-refractivity contribution in [3.8, 4) is 0 Å². The summed E-state index contributed by atoms with van der Waals surface area (Å²) in [5.41, 5.74) is 2.47. The van der Waals surface area contributed by atoms with Gasteiger partial charge in [-0.05, 0) is 36.1 Å². The van der Waals surface area contributed by atoms with Crippen LogP contribution in [0.4, 0.5) is 4.39 Å². The highest BCUT2D eigenvalue weighted by atomic mass is 19.1. The first-order valence-corrected chi connectivity index (χ1v) is 10.5. The van der Waals surface area contributed by atoms with Gasteiger partial charge in [-0.1, -0.05) is 42.5 Å². The van der Waals surface area contributed by atoms with Gasteiger partial charge in [0, 0.05) is 26.0 Å². The van der Waals surface area contributed by atoms with E-state index < -0.39 is 0 Å². The fourth-order valence-corrected chi connectivity index (χ4v) is 3.78. The Morgan fingerprint density at radius 1 is 1.13 bits per heavy atom. The quantitative estimate of drug-likeness (QED) is 0.654. The van der Waals surface area contributed by atoms with Crippen molar-refractivity contribution in [1.29, 1.82) is 0 Å². The number of benzene rings is 2. The summed E-state index contributed by atoms with van der Waals surface area (Å²) in [4.78, 5) is 27.5. The molecule has 0 bridgehead atoms. The van der Waals surface area contributed by atoms with Gasteiger partial charge in [0.05, 0.1) is 18.4 Å². The molecule has 162 valence electrons. The van der Waals surface area contributed by atoms with Gasteiger partial charge in [-0.25, -0.2) is 9.40 Å². The van der Waals surface area contributed by atoms with Crippen LogP contribution in [0.15, 0.2) is 59.7 Å². The highest BCUT2D eigenvalue weighted by Gasteiger charge is 2.37. The molecule has 7 heteroatoms. The Hall–Kier alpha value is -3.06. The van der Waals surface area contributed by atoms with Crippen LogP contribution in [-0.2, 0) is 14.3 Å². The van der Waals surface area contributed by atoms with E-state index in [1.54, 1.807) is 24.1 Å². The lowest BCUT2D eigenvalue weighted by atomic mass is 9.98. The third kappa shape index (κ3) is 4.99. The highest BCUT2D eigenvalue weighted by molar-refractivity contribution is 6.03. The van der Waals surface area contributed by atoms with Gasteiger partial charge in [-0.15, -0.1) is 0 Å². The molecule has 1 saturated carbocycles. The Labute approximate surface area is 181 Å². The summed E-state index contributed by atoms with van der Waals surface area (Å²) < 4.78 is 18.5. The molecule has 1 atom stereocenters. The molecule has 0 radical (unpaired) electrons. The van der Waals surface area contributed by atoms with Crippen molar-refractivity contribution in [3.05, 3.63) is 71.5 Å². The van der Waals surface area contributed by atoms with Gasteiger partial charge >= 0.3 is 0 Å². The van der Waals surface area contributed by atoms with Crippen LogP contribution in [0.1, 0.15) is 36.4 Å². The van der Waals surface area contributed by atoms with Gasteiger partial charge in [0.2, 0.25) is 5.91 Å². The van der Waals surface area contributed by atoms with Crippen molar-refractivity contribution in [1.82, 2.24) is 9.91 Å². The second kappa shape index (κ2) is 9.39. The average molecular weight is 423 g/mol. The minimum atomic E-state index is -0.317. The van der Waals surface area contributed by atoms with Gasteiger partial charge in [-0.3, -0.25) is 9.59 Å². The number of amides is 2. The van der Waals surface area contributed by atoms with E-state index >= 15 is 0 Å². The summed E-state index contributed by atoms with van der Waals surface area (Å²) in [6, 6.07) is 15.6. The van der Waals surface area contributed by atoms with Crippen molar-refractivity contribution in [2.24, 2.45) is 11.0 Å². The molecule has 2 aromatic carbocycles. The summed E-state index contributed by atoms with van der Waals surface area (Å²) in [7, 11) is 1.58. The van der Waals surface area contributed by atoms with E-state index in [-0.39, 0.29) is 36.1 Å². The number of ether oxygens (including phenoxy) is 1. The second-order valence-corrected chi connectivity index (χ2v) is 7.95. The van der Waals surface area contributed by atoms with Crippen molar-refractivity contribution < 1.29 is 18.7 Å². The topological polar surface area (TPSA) is 62.2 Å². The van der Waals surface area contributed by atoms with Crippen LogP contribution in [0.3, 0.4) is 0 Å². The first-order chi connectivity index (χ1) is 15.1. The van der Waals surface area contributed by atoms with E-state index in [2.05, 4.69) is 5.10 Å². The smallest absolute Gasteiger partial charge is 0.262 e. The first-order valence-electron chi connectivity index (χ1n) is 10.5. The molecule has 0 N–H and O–H groups in total. The predicted molar refractivity (Wildman–Crippen MR) is 115 cm³/mol. The predicted octanol–water partition coefficient (Wildman–Crippen LogP) is 3.39. The molecule has 6 nitrogen and oxygen atoms in total. The fourth-order valence-electron chi connectivity index (χ4n) is 3.78. The molecule has 2 aliphatic rings. The lowest BCUT2D eigenvalue weighted by molar-refractivity contribution is -0.142. The number of methoxy groups -OCH3 is 1. The van der Waals surface area contributed by atoms with Crippen LogP contribution in [0.2, 0.25) is 0 Å². The van der Waals surface area contributed by atoms with E-state index in [0.29, 0.717) is 19.6 Å². The van der Waals surface area contributed by atoms with Crippen LogP contribution in [0, 0.1) is 11.7 Å². The summed E-state index contributed by atoms with van der Waals surface area (Å²) in [6.07, 6.45) is 2.27. The Morgan fingerprint density at radius 3 is 2.48 bits per heavy atom. The standard InChI is InChI=1S/C24H26FN3O3/c1-31-14-13-27(24(30)19-7-8-19)16-23(29)28-22(18-5-3-2-4-6-18)15-21(26-28)17-9-11-20(25)12-10-17/h2-6,9-12,19,22H,7-8,13-16H2,1H3/t22-/m1/s1. The van der Waals surface area contributed by atoms with Gasteiger partial charge in [0.25, 0.3) is 5.91 Å². The van der Waals surface area contributed by atoms with Crippen molar-refractivity contribution >= 4 is 17.5 Å². The van der Waals surface area contributed by atoms with Crippen molar-refractivity contribution in [2.75, 3.05) is 26.8 Å². The lowest BCUT2D eigenvalue weighted by Crippen LogP contribution is -2.43. The monoisotopic (exact) mass is 423 g/mol. The highest BCUT2D eigenvalue weighted by Crippen LogP contribution is 2.34. The van der Waals surface area contributed by atoms with E-state index in [4.69, 9.17) is 4.74 Å². The molecule has 0 spiro atoms. The zero-order valence-corrected chi connectivity index (χ0v) is 17.5. The molecule has 31 heavy (non-hydrogen) atoms. The van der Waals surface area contributed by atoms with E-state index in [0.717, 1.165) is 29.7 Å². The molecular weight excluding hydrogens is 397 g/mol.